The molecule has 3 rings (SSSR count). The maximum Gasteiger partial charge on any atom is 0.260 e. The summed E-state index contributed by atoms with van der Waals surface area (Å²) in [5.74, 6) is -0.331. The van der Waals surface area contributed by atoms with Gasteiger partial charge in [0.15, 0.2) is 0 Å². The number of carbonyl (C=O) groups excluding carboxylic acids is 2. The Kier molecular flexibility index (Phi) is 3.57. The van der Waals surface area contributed by atoms with Crippen LogP contribution in [0.2, 0.25) is 0 Å². The van der Waals surface area contributed by atoms with Crippen LogP contribution in [0.25, 0.3) is 0 Å². The number of amides is 2. The van der Waals surface area contributed by atoms with Gasteiger partial charge in [0.25, 0.3) is 5.91 Å². The Hall–Kier alpha value is -1.68. The highest BCUT2D eigenvalue weighted by molar-refractivity contribution is 6.09. The smallest absolute Gasteiger partial charge is 0.260 e. The van der Waals surface area contributed by atoms with E-state index in [1.54, 1.807) is 6.07 Å². The van der Waals surface area contributed by atoms with Gasteiger partial charge in [-0.3, -0.25) is 14.5 Å². The number of aliphatic hydroxyl groups excluding tert-OH is 1. The third-order valence-corrected chi connectivity index (χ3v) is 4.42. The Morgan fingerprint density at radius 3 is 2.70 bits per heavy atom. The molecular formula is C16H19NO3. The van der Waals surface area contributed by atoms with E-state index in [1.165, 1.54) is 4.90 Å². The van der Waals surface area contributed by atoms with Gasteiger partial charge in [0.05, 0.1) is 12.5 Å². The summed E-state index contributed by atoms with van der Waals surface area (Å²) in [5, 5.41) is 10.0. The second kappa shape index (κ2) is 5.37. The first-order valence-electron chi connectivity index (χ1n) is 7.27. The standard InChI is InChI=1S/C16H19NO3/c18-14-8-4-2-6-12(14)10-17-15(19)9-11-5-1-3-7-13(11)16(17)20/h1,3,5,7,12,14,18H,2,4,6,8-10H2. The fraction of sp³-hybridized carbons (Fsp3) is 0.500. The monoisotopic (exact) mass is 273 g/mol. The summed E-state index contributed by atoms with van der Waals surface area (Å²) < 4.78 is 0. The second-order valence-corrected chi connectivity index (χ2v) is 5.76. The predicted octanol–water partition coefficient (Wildman–Crippen LogP) is 1.76. The number of hydrogen-bond donors (Lipinski definition) is 1. The molecule has 1 N–H and O–H groups in total. The molecule has 20 heavy (non-hydrogen) atoms. The molecule has 106 valence electrons. The van der Waals surface area contributed by atoms with Crippen LogP contribution in [0.15, 0.2) is 24.3 Å². The molecule has 4 nitrogen and oxygen atoms in total. The number of rotatable bonds is 2. The molecule has 1 aliphatic heterocycles. The Balaban J connectivity index is 1.80. The quantitative estimate of drug-likeness (QED) is 0.835. The Labute approximate surface area is 118 Å². The zero-order valence-corrected chi connectivity index (χ0v) is 11.4. The molecule has 2 atom stereocenters. The van der Waals surface area contributed by atoms with Crippen LogP contribution < -0.4 is 0 Å². The number of benzene rings is 1. The van der Waals surface area contributed by atoms with Gasteiger partial charge in [-0.15, -0.1) is 0 Å². The van der Waals surface area contributed by atoms with E-state index in [1.807, 2.05) is 18.2 Å². The summed E-state index contributed by atoms with van der Waals surface area (Å²) in [6.45, 7) is 0.354. The van der Waals surface area contributed by atoms with Crippen molar-refractivity contribution in [3.63, 3.8) is 0 Å². The molecular weight excluding hydrogens is 254 g/mol. The number of hydrogen-bond acceptors (Lipinski definition) is 3. The first kappa shape index (κ1) is 13.3. The van der Waals surface area contributed by atoms with Crippen LogP contribution in [0, 0.1) is 5.92 Å². The maximum absolute atomic E-state index is 12.4. The first-order chi connectivity index (χ1) is 9.66. The van der Waals surface area contributed by atoms with Crippen LogP contribution in [-0.2, 0) is 11.2 Å². The molecule has 1 saturated carbocycles. The summed E-state index contributed by atoms with van der Waals surface area (Å²) in [6, 6.07) is 7.27. The SMILES string of the molecule is O=C1Cc2ccccc2C(=O)N1CC1CCCCC1O. The van der Waals surface area contributed by atoms with Gasteiger partial charge in [-0.2, -0.15) is 0 Å². The zero-order chi connectivity index (χ0) is 14.1. The third-order valence-electron chi connectivity index (χ3n) is 4.42. The van der Waals surface area contributed by atoms with Crippen molar-refractivity contribution in [2.75, 3.05) is 6.54 Å². The predicted molar refractivity (Wildman–Crippen MR) is 74.2 cm³/mol. The van der Waals surface area contributed by atoms with E-state index in [-0.39, 0.29) is 30.3 Å². The van der Waals surface area contributed by atoms with Gasteiger partial charge in [-0.05, 0) is 24.5 Å². The van der Waals surface area contributed by atoms with Crippen molar-refractivity contribution in [3.05, 3.63) is 35.4 Å². The van der Waals surface area contributed by atoms with E-state index in [9.17, 15) is 14.7 Å². The molecule has 1 aliphatic carbocycles. The van der Waals surface area contributed by atoms with Crippen LogP contribution in [0.1, 0.15) is 41.6 Å². The molecule has 0 bridgehead atoms. The van der Waals surface area contributed by atoms with E-state index >= 15 is 0 Å². The number of aliphatic hydroxyl groups is 1. The molecule has 1 aromatic rings. The third kappa shape index (κ3) is 2.36. The largest absolute Gasteiger partial charge is 0.393 e. The summed E-state index contributed by atoms with van der Waals surface area (Å²) in [7, 11) is 0. The molecule has 1 aromatic carbocycles. The summed E-state index contributed by atoms with van der Waals surface area (Å²) in [6.07, 6.45) is 3.65. The Morgan fingerprint density at radius 1 is 1.15 bits per heavy atom. The molecule has 4 heteroatoms. The van der Waals surface area contributed by atoms with Gasteiger partial charge in [0.1, 0.15) is 0 Å². The fourth-order valence-electron chi connectivity index (χ4n) is 3.22. The van der Waals surface area contributed by atoms with Crippen molar-refractivity contribution in [3.8, 4) is 0 Å². The minimum absolute atomic E-state index is 0.0295. The molecule has 2 amide bonds. The van der Waals surface area contributed by atoms with Gasteiger partial charge < -0.3 is 5.11 Å². The minimum atomic E-state index is -0.387. The van der Waals surface area contributed by atoms with E-state index in [4.69, 9.17) is 0 Å². The highest BCUT2D eigenvalue weighted by Crippen LogP contribution is 2.27. The van der Waals surface area contributed by atoms with Crippen molar-refractivity contribution in [2.24, 2.45) is 5.92 Å². The van der Waals surface area contributed by atoms with E-state index in [0.29, 0.717) is 12.1 Å². The van der Waals surface area contributed by atoms with Gasteiger partial charge in [0, 0.05) is 18.0 Å². The van der Waals surface area contributed by atoms with Crippen LogP contribution in [0.5, 0.6) is 0 Å². The van der Waals surface area contributed by atoms with Crippen LogP contribution in [0.4, 0.5) is 0 Å². The lowest BCUT2D eigenvalue weighted by Crippen LogP contribution is -2.47. The molecule has 1 fully saturated rings. The number of carbonyl (C=O) groups is 2. The molecule has 0 aromatic heterocycles. The number of imide groups is 1. The van der Waals surface area contributed by atoms with E-state index in [2.05, 4.69) is 0 Å². The molecule has 1 heterocycles. The molecule has 2 aliphatic rings. The lowest BCUT2D eigenvalue weighted by molar-refractivity contribution is -0.129. The topological polar surface area (TPSA) is 57.6 Å². The minimum Gasteiger partial charge on any atom is -0.393 e. The van der Waals surface area contributed by atoms with Crippen molar-refractivity contribution >= 4 is 11.8 Å². The van der Waals surface area contributed by atoms with Crippen LogP contribution in [-0.4, -0.2) is 34.5 Å². The van der Waals surface area contributed by atoms with Crippen molar-refractivity contribution in [2.45, 2.75) is 38.2 Å². The molecule has 0 saturated heterocycles. The highest BCUT2D eigenvalue weighted by atomic mass is 16.3. The van der Waals surface area contributed by atoms with Crippen LogP contribution in [0.3, 0.4) is 0 Å². The Bertz CT molecular complexity index is 540. The van der Waals surface area contributed by atoms with Crippen LogP contribution >= 0.6 is 0 Å². The summed E-state index contributed by atoms with van der Waals surface area (Å²) in [4.78, 5) is 25.9. The summed E-state index contributed by atoms with van der Waals surface area (Å²) in [5.41, 5.74) is 1.43. The average molecular weight is 273 g/mol. The van der Waals surface area contributed by atoms with Crippen molar-refractivity contribution in [1.29, 1.82) is 0 Å². The normalized spacial score (nSPS) is 26.6. The fourth-order valence-corrected chi connectivity index (χ4v) is 3.22. The first-order valence-corrected chi connectivity index (χ1v) is 7.27. The number of nitrogens with zero attached hydrogens (tertiary/aromatic N) is 1. The number of fused-ring (bicyclic) bond motifs is 1. The average Bonchev–Trinajstić information content (AvgIpc) is 2.45. The van der Waals surface area contributed by atoms with E-state index in [0.717, 1.165) is 31.2 Å². The van der Waals surface area contributed by atoms with Gasteiger partial charge >= 0.3 is 0 Å². The lowest BCUT2D eigenvalue weighted by Gasteiger charge is -2.34. The maximum atomic E-state index is 12.4. The zero-order valence-electron chi connectivity index (χ0n) is 11.4. The van der Waals surface area contributed by atoms with Crippen molar-refractivity contribution in [1.82, 2.24) is 4.90 Å². The molecule has 0 radical (unpaired) electrons. The summed E-state index contributed by atoms with van der Waals surface area (Å²) >= 11 is 0. The van der Waals surface area contributed by atoms with Gasteiger partial charge in [-0.1, -0.05) is 31.0 Å². The van der Waals surface area contributed by atoms with Gasteiger partial charge in [-0.25, -0.2) is 0 Å². The molecule has 2 unspecified atom stereocenters. The van der Waals surface area contributed by atoms with Crippen molar-refractivity contribution < 1.29 is 14.7 Å². The second-order valence-electron chi connectivity index (χ2n) is 5.76. The Morgan fingerprint density at radius 2 is 1.90 bits per heavy atom. The molecule has 0 spiro atoms. The van der Waals surface area contributed by atoms with E-state index < -0.39 is 0 Å². The highest BCUT2D eigenvalue weighted by Gasteiger charge is 2.34. The van der Waals surface area contributed by atoms with Gasteiger partial charge in [0.2, 0.25) is 5.91 Å². The lowest BCUT2D eigenvalue weighted by atomic mass is 9.85.